The molecule has 144 valence electrons. The number of hydrogen-bond donors (Lipinski definition) is 3. The summed E-state index contributed by atoms with van der Waals surface area (Å²) in [6.07, 6.45) is 3.77. The molecule has 1 aliphatic rings. The number of aromatic nitrogens is 2. The minimum atomic E-state index is -0.0959. The number of nitrogens with zero attached hydrogens (tertiary/aromatic N) is 2. The second kappa shape index (κ2) is 8.77. The van der Waals surface area contributed by atoms with Crippen LogP contribution < -0.4 is 16.4 Å². The fourth-order valence-corrected chi connectivity index (χ4v) is 3.27. The lowest BCUT2D eigenvalue weighted by atomic mass is 9.91. The highest BCUT2D eigenvalue weighted by molar-refractivity contribution is 5.94. The Kier molecular flexibility index (Phi) is 6.18. The minimum Gasteiger partial charge on any atom is -0.353 e. The Labute approximate surface area is 157 Å². The van der Waals surface area contributed by atoms with Gasteiger partial charge in [0.2, 0.25) is 17.6 Å². The first kappa shape index (κ1) is 19.0. The van der Waals surface area contributed by atoms with E-state index in [4.69, 9.17) is 10.3 Å². The summed E-state index contributed by atoms with van der Waals surface area (Å²) in [6, 6.07) is 7.44. The van der Waals surface area contributed by atoms with E-state index in [1.54, 1.807) is 19.1 Å². The average molecular weight is 371 g/mol. The van der Waals surface area contributed by atoms with Gasteiger partial charge in [-0.05, 0) is 37.8 Å². The summed E-state index contributed by atoms with van der Waals surface area (Å²) in [5, 5.41) is 9.94. The van der Waals surface area contributed by atoms with Crippen LogP contribution in [0, 0.1) is 6.92 Å². The molecule has 1 aromatic carbocycles. The lowest BCUT2D eigenvalue weighted by molar-refractivity contribution is -0.121. The maximum Gasteiger partial charge on any atom is 0.251 e. The highest BCUT2D eigenvalue weighted by atomic mass is 16.5. The Morgan fingerprint density at radius 1 is 1.11 bits per heavy atom. The van der Waals surface area contributed by atoms with Gasteiger partial charge in [0.05, 0.1) is 0 Å². The van der Waals surface area contributed by atoms with Crippen LogP contribution in [0.1, 0.15) is 48.4 Å². The molecule has 3 rings (SSSR count). The van der Waals surface area contributed by atoms with Crippen molar-refractivity contribution < 1.29 is 14.1 Å². The van der Waals surface area contributed by atoms with Gasteiger partial charge in [-0.1, -0.05) is 17.3 Å². The van der Waals surface area contributed by atoms with Crippen molar-refractivity contribution in [1.82, 2.24) is 20.8 Å². The number of nitrogens with one attached hydrogen (secondary N) is 2. The van der Waals surface area contributed by atoms with E-state index in [2.05, 4.69) is 20.8 Å². The molecule has 1 saturated carbocycles. The monoisotopic (exact) mass is 371 g/mol. The molecular formula is C19H25N5O3. The molecule has 27 heavy (non-hydrogen) atoms. The van der Waals surface area contributed by atoms with Crippen molar-refractivity contribution in [2.24, 2.45) is 5.73 Å². The molecule has 1 aliphatic carbocycles. The van der Waals surface area contributed by atoms with Crippen molar-refractivity contribution in [3.8, 4) is 11.4 Å². The highest BCUT2D eigenvalue weighted by Gasteiger charge is 2.23. The fraction of sp³-hybridized carbons (Fsp3) is 0.474. The molecule has 0 unspecified atom stereocenters. The summed E-state index contributed by atoms with van der Waals surface area (Å²) >= 11 is 0. The molecule has 1 aromatic heterocycles. The van der Waals surface area contributed by atoms with E-state index in [-0.39, 0.29) is 23.9 Å². The SMILES string of the molecule is Cc1nc(-c2ccc(C(=O)NC3CCC(NC(=O)CCN)CC3)cc2)no1. The van der Waals surface area contributed by atoms with Gasteiger partial charge in [0.15, 0.2) is 0 Å². The first-order valence-electron chi connectivity index (χ1n) is 9.26. The van der Waals surface area contributed by atoms with Gasteiger partial charge >= 0.3 is 0 Å². The summed E-state index contributed by atoms with van der Waals surface area (Å²) < 4.78 is 4.97. The lowest BCUT2D eigenvalue weighted by Crippen LogP contribution is -2.44. The summed E-state index contributed by atoms with van der Waals surface area (Å²) in [5.74, 6) is 0.916. The molecule has 2 aromatic rings. The molecular weight excluding hydrogens is 346 g/mol. The number of nitrogens with two attached hydrogens (primary N) is 1. The van der Waals surface area contributed by atoms with E-state index < -0.39 is 0 Å². The van der Waals surface area contributed by atoms with Gasteiger partial charge in [0.25, 0.3) is 5.91 Å². The third-order valence-electron chi connectivity index (χ3n) is 4.73. The fourth-order valence-electron chi connectivity index (χ4n) is 3.27. The topological polar surface area (TPSA) is 123 Å². The van der Waals surface area contributed by atoms with Crippen molar-refractivity contribution in [1.29, 1.82) is 0 Å². The van der Waals surface area contributed by atoms with E-state index >= 15 is 0 Å². The van der Waals surface area contributed by atoms with Crippen LogP contribution >= 0.6 is 0 Å². The second-order valence-corrected chi connectivity index (χ2v) is 6.84. The largest absolute Gasteiger partial charge is 0.353 e. The van der Waals surface area contributed by atoms with E-state index in [0.29, 0.717) is 30.2 Å². The second-order valence-electron chi connectivity index (χ2n) is 6.84. The maximum absolute atomic E-state index is 12.5. The number of carbonyl (C=O) groups is 2. The van der Waals surface area contributed by atoms with Crippen molar-refractivity contribution in [2.45, 2.75) is 51.1 Å². The van der Waals surface area contributed by atoms with Gasteiger partial charge in [0, 0.05) is 43.1 Å². The summed E-state index contributed by atoms with van der Waals surface area (Å²) in [5.41, 5.74) is 6.79. The van der Waals surface area contributed by atoms with Gasteiger partial charge in [-0.2, -0.15) is 4.98 Å². The first-order chi connectivity index (χ1) is 13.0. The van der Waals surface area contributed by atoms with Crippen LogP contribution in [-0.2, 0) is 4.79 Å². The summed E-state index contributed by atoms with van der Waals surface area (Å²) in [7, 11) is 0. The molecule has 0 spiro atoms. The summed E-state index contributed by atoms with van der Waals surface area (Å²) in [4.78, 5) is 28.2. The molecule has 0 radical (unpaired) electrons. The Morgan fingerprint density at radius 2 is 1.74 bits per heavy atom. The van der Waals surface area contributed by atoms with E-state index in [0.717, 1.165) is 31.2 Å². The van der Waals surface area contributed by atoms with Crippen LogP contribution in [-0.4, -0.2) is 40.6 Å². The van der Waals surface area contributed by atoms with Gasteiger partial charge in [-0.25, -0.2) is 0 Å². The number of carbonyl (C=O) groups excluding carboxylic acids is 2. The normalized spacial score (nSPS) is 19.5. The van der Waals surface area contributed by atoms with Gasteiger partial charge in [-0.3, -0.25) is 9.59 Å². The molecule has 8 heteroatoms. The molecule has 0 aliphatic heterocycles. The number of hydrogen-bond acceptors (Lipinski definition) is 6. The molecule has 1 heterocycles. The predicted octanol–water partition coefficient (Wildman–Crippen LogP) is 1.55. The van der Waals surface area contributed by atoms with Gasteiger partial charge in [-0.15, -0.1) is 0 Å². The quantitative estimate of drug-likeness (QED) is 0.708. The molecule has 0 saturated heterocycles. The molecule has 2 amide bonds. The van der Waals surface area contributed by atoms with Crippen LogP contribution in [0.4, 0.5) is 0 Å². The molecule has 0 bridgehead atoms. The minimum absolute atomic E-state index is 0.00173. The third kappa shape index (κ3) is 5.13. The Hall–Kier alpha value is -2.74. The van der Waals surface area contributed by atoms with E-state index in [1.807, 2.05) is 12.1 Å². The molecule has 0 atom stereocenters. The van der Waals surface area contributed by atoms with E-state index in [9.17, 15) is 9.59 Å². The van der Waals surface area contributed by atoms with Crippen LogP contribution in [0.25, 0.3) is 11.4 Å². The van der Waals surface area contributed by atoms with Crippen LogP contribution in [0.2, 0.25) is 0 Å². The number of aryl methyl sites for hydroxylation is 1. The van der Waals surface area contributed by atoms with Crippen molar-refractivity contribution in [3.63, 3.8) is 0 Å². The zero-order valence-electron chi connectivity index (χ0n) is 15.4. The number of benzene rings is 1. The maximum atomic E-state index is 12.5. The first-order valence-corrected chi connectivity index (χ1v) is 9.26. The predicted molar refractivity (Wildman–Crippen MR) is 99.8 cm³/mol. The Morgan fingerprint density at radius 3 is 2.30 bits per heavy atom. The summed E-state index contributed by atoms with van der Waals surface area (Å²) in [6.45, 7) is 2.10. The molecule has 1 fully saturated rings. The smallest absolute Gasteiger partial charge is 0.251 e. The number of amides is 2. The zero-order valence-corrected chi connectivity index (χ0v) is 15.4. The Bertz CT molecular complexity index is 779. The molecule has 8 nitrogen and oxygen atoms in total. The lowest BCUT2D eigenvalue weighted by Gasteiger charge is -2.29. The highest BCUT2D eigenvalue weighted by Crippen LogP contribution is 2.20. The van der Waals surface area contributed by atoms with Crippen LogP contribution in [0.15, 0.2) is 28.8 Å². The zero-order chi connectivity index (χ0) is 19.2. The Balaban J connectivity index is 1.49. The van der Waals surface area contributed by atoms with Crippen molar-refractivity contribution in [2.75, 3.05) is 6.54 Å². The van der Waals surface area contributed by atoms with Crippen LogP contribution in [0.3, 0.4) is 0 Å². The third-order valence-corrected chi connectivity index (χ3v) is 4.73. The van der Waals surface area contributed by atoms with Gasteiger partial charge in [0.1, 0.15) is 0 Å². The average Bonchev–Trinajstić information content (AvgIpc) is 3.10. The van der Waals surface area contributed by atoms with Gasteiger partial charge < -0.3 is 20.9 Å². The van der Waals surface area contributed by atoms with Crippen LogP contribution in [0.5, 0.6) is 0 Å². The van der Waals surface area contributed by atoms with Crippen molar-refractivity contribution in [3.05, 3.63) is 35.7 Å². The standard InChI is InChI=1S/C19H25N5O3/c1-12-21-18(24-27-12)13-2-4-14(5-3-13)19(26)23-16-8-6-15(7-9-16)22-17(25)10-11-20/h2-5,15-16H,6-11,20H2,1H3,(H,22,25)(H,23,26). The van der Waals surface area contributed by atoms with E-state index in [1.165, 1.54) is 0 Å². The molecule has 4 N–H and O–H groups in total. The van der Waals surface area contributed by atoms with Crippen molar-refractivity contribution >= 4 is 11.8 Å². The number of rotatable bonds is 6.